The van der Waals surface area contributed by atoms with Gasteiger partial charge >= 0.3 is 0 Å². The van der Waals surface area contributed by atoms with Gasteiger partial charge in [0.05, 0.1) is 6.07 Å². The van der Waals surface area contributed by atoms with Crippen LogP contribution in [-0.4, -0.2) is 56.8 Å². The maximum Gasteiger partial charge on any atom is 0.282 e. The molecule has 1 rings (SSSR count). The van der Waals surface area contributed by atoms with Crippen LogP contribution in [0.5, 0.6) is 0 Å². The lowest BCUT2D eigenvalue weighted by Crippen LogP contribution is -2.55. The zero-order chi connectivity index (χ0) is 10.8. The highest BCUT2D eigenvalue weighted by Crippen LogP contribution is 2.11. The summed E-state index contributed by atoms with van der Waals surface area (Å²) < 4.78 is 25.8. The third kappa shape index (κ3) is 2.04. The Morgan fingerprint density at radius 3 is 2.71 bits per heavy atom. The third-order valence-corrected chi connectivity index (χ3v) is 4.05. The van der Waals surface area contributed by atoms with Crippen molar-refractivity contribution in [2.75, 3.05) is 33.7 Å². The van der Waals surface area contributed by atoms with E-state index in [1.165, 1.54) is 18.4 Å². The van der Waals surface area contributed by atoms with E-state index in [0.717, 1.165) is 4.31 Å². The predicted octanol–water partition coefficient (Wildman–Crippen LogP) is -1.41. The van der Waals surface area contributed by atoms with Crippen molar-refractivity contribution in [3.8, 4) is 6.07 Å². The first kappa shape index (κ1) is 11.4. The fraction of sp³-hybridized carbons (Fsp3) is 0.857. The van der Waals surface area contributed by atoms with Gasteiger partial charge in [-0.1, -0.05) is 0 Å². The van der Waals surface area contributed by atoms with Gasteiger partial charge in [-0.15, -0.1) is 0 Å². The molecule has 0 spiro atoms. The van der Waals surface area contributed by atoms with Crippen LogP contribution >= 0.6 is 0 Å². The van der Waals surface area contributed by atoms with E-state index in [0.29, 0.717) is 19.6 Å². The fourth-order valence-corrected chi connectivity index (χ4v) is 2.47. The van der Waals surface area contributed by atoms with Gasteiger partial charge in [0, 0.05) is 33.7 Å². The molecule has 0 saturated carbocycles. The van der Waals surface area contributed by atoms with E-state index in [1.54, 1.807) is 0 Å². The molecule has 0 radical (unpaired) electrons. The summed E-state index contributed by atoms with van der Waals surface area (Å²) in [4.78, 5) is 0. The third-order valence-electron chi connectivity index (χ3n) is 2.10. The topological polar surface area (TPSA) is 76.4 Å². The first-order valence-corrected chi connectivity index (χ1v) is 5.69. The molecule has 1 saturated heterocycles. The molecule has 0 aromatic carbocycles. The normalized spacial score (nSPS) is 24.9. The predicted molar refractivity (Wildman–Crippen MR) is 51.6 cm³/mol. The summed E-state index contributed by atoms with van der Waals surface area (Å²) in [5, 5.41) is 11.8. The van der Waals surface area contributed by atoms with Crippen LogP contribution in [0, 0.1) is 11.3 Å². The van der Waals surface area contributed by atoms with Crippen molar-refractivity contribution in [2.45, 2.75) is 6.04 Å². The minimum Gasteiger partial charge on any atom is -0.313 e. The molecule has 1 heterocycles. The molecule has 80 valence electrons. The Bertz CT molecular complexity index is 332. The molecule has 1 fully saturated rings. The highest BCUT2D eigenvalue weighted by atomic mass is 32.2. The van der Waals surface area contributed by atoms with Crippen molar-refractivity contribution >= 4 is 10.2 Å². The SMILES string of the molecule is CN(C)S(=O)(=O)N1CCNCC1C#N. The van der Waals surface area contributed by atoms with Crippen LogP contribution in [0.3, 0.4) is 0 Å². The summed E-state index contributed by atoms with van der Waals surface area (Å²) in [5.74, 6) is 0. The van der Waals surface area contributed by atoms with Crippen molar-refractivity contribution in [1.82, 2.24) is 13.9 Å². The molecule has 1 N–H and O–H groups in total. The Labute approximate surface area is 84.3 Å². The molecule has 1 aliphatic rings. The zero-order valence-corrected chi connectivity index (χ0v) is 9.08. The Balaban J connectivity index is 2.90. The Hall–Kier alpha value is -0.680. The lowest BCUT2D eigenvalue weighted by atomic mass is 10.3. The molecule has 7 heteroatoms. The minimum absolute atomic E-state index is 0.346. The standard InChI is InChI=1S/C7H14N4O2S/c1-10(2)14(12,13)11-4-3-9-6-7(11)5-8/h7,9H,3-4,6H2,1-2H3. The summed E-state index contributed by atoms with van der Waals surface area (Å²) in [6.45, 7) is 1.33. The lowest BCUT2D eigenvalue weighted by molar-refractivity contribution is 0.294. The second kappa shape index (κ2) is 4.23. The minimum atomic E-state index is -3.46. The number of nitrogens with one attached hydrogen (secondary N) is 1. The van der Waals surface area contributed by atoms with E-state index in [1.807, 2.05) is 6.07 Å². The number of hydrogen-bond donors (Lipinski definition) is 1. The summed E-state index contributed by atoms with van der Waals surface area (Å²) in [5.41, 5.74) is 0. The van der Waals surface area contributed by atoms with Crippen molar-refractivity contribution < 1.29 is 8.42 Å². The molecule has 0 aromatic rings. The second-order valence-electron chi connectivity index (χ2n) is 3.25. The van der Waals surface area contributed by atoms with Crippen LogP contribution in [0.25, 0.3) is 0 Å². The molecule has 0 aliphatic carbocycles. The van der Waals surface area contributed by atoms with E-state index in [-0.39, 0.29) is 0 Å². The van der Waals surface area contributed by atoms with Gasteiger partial charge in [-0.2, -0.15) is 22.3 Å². The quantitative estimate of drug-likeness (QED) is 0.618. The average molecular weight is 218 g/mol. The fourth-order valence-electron chi connectivity index (χ4n) is 1.28. The first-order valence-electron chi connectivity index (χ1n) is 4.29. The molecule has 1 atom stereocenters. The van der Waals surface area contributed by atoms with Crippen molar-refractivity contribution in [3.05, 3.63) is 0 Å². The van der Waals surface area contributed by atoms with Crippen LogP contribution in [0.15, 0.2) is 0 Å². The summed E-state index contributed by atoms with van der Waals surface area (Å²) in [6, 6.07) is 1.37. The molecule has 1 aliphatic heterocycles. The maximum absolute atomic E-state index is 11.7. The van der Waals surface area contributed by atoms with E-state index in [9.17, 15) is 8.42 Å². The van der Waals surface area contributed by atoms with E-state index in [4.69, 9.17) is 5.26 Å². The van der Waals surface area contributed by atoms with Gasteiger partial charge < -0.3 is 5.32 Å². The van der Waals surface area contributed by atoms with Gasteiger partial charge in [-0.3, -0.25) is 0 Å². The highest BCUT2D eigenvalue weighted by molar-refractivity contribution is 7.86. The van der Waals surface area contributed by atoms with Crippen LogP contribution in [-0.2, 0) is 10.2 Å². The highest BCUT2D eigenvalue weighted by Gasteiger charge is 2.33. The van der Waals surface area contributed by atoms with Crippen LogP contribution in [0.2, 0.25) is 0 Å². The average Bonchev–Trinajstić information content (AvgIpc) is 2.17. The zero-order valence-electron chi connectivity index (χ0n) is 8.27. The van der Waals surface area contributed by atoms with Gasteiger partial charge in [-0.25, -0.2) is 0 Å². The summed E-state index contributed by atoms with van der Waals surface area (Å²) in [7, 11) is -0.529. The van der Waals surface area contributed by atoms with Crippen molar-refractivity contribution in [2.24, 2.45) is 0 Å². The molecule has 1 unspecified atom stereocenters. The monoisotopic (exact) mass is 218 g/mol. The summed E-state index contributed by atoms with van der Waals surface area (Å²) in [6.07, 6.45) is 0. The number of hydrogen-bond acceptors (Lipinski definition) is 4. The van der Waals surface area contributed by atoms with E-state index < -0.39 is 16.3 Å². The smallest absolute Gasteiger partial charge is 0.282 e. The number of nitrogens with zero attached hydrogens (tertiary/aromatic N) is 3. The number of rotatable bonds is 2. The molecule has 14 heavy (non-hydrogen) atoms. The van der Waals surface area contributed by atoms with Gasteiger partial charge in [0.15, 0.2) is 0 Å². The summed E-state index contributed by atoms with van der Waals surface area (Å²) >= 11 is 0. The molecule has 0 amide bonds. The van der Waals surface area contributed by atoms with Gasteiger partial charge in [0.25, 0.3) is 10.2 Å². The van der Waals surface area contributed by atoms with E-state index >= 15 is 0 Å². The maximum atomic E-state index is 11.7. The lowest BCUT2D eigenvalue weighted by Gasteiger charge is -2.32. The second-order valence-corrected chi connectivity index (χ2v) is 5.34. The molecular weight excluding hydrogens is 204 g/mol. The Kier molecular flexibility index (Phi) is 3.44. The van der Waals surface area contributed by atoms with Crippen molar-refractivity contribution in [3.63, 3.8) is 0 Å². The van der Waals surface area contributed by atoms with Crippen molar-refractivity contribution in [1.29, 1.82) is 5.26 Å². The number of nitriles is 1. The van der Waals surface area contributed by atoms with Crippen LogP contribution in [0.1, 0.15) is 0 Å². The van der Waals surface area contributed by atoms with Crippen LogP contribution in [0.4, 0.5) is 0 Å². The molecular formula is C7H14N4O2S. The Morgan fingerprint density at radius 2 is 2.21 bits per heavy atom. The Morgan fingerprint density at radius 1 is 1.57 bits per heavy atom. The first-order chi connectivity index (χ1) is 6.50. The van der Waals surface area contributed by atoms with Gasteiger partial charge in [-0.05, 0) is 0 Å². The molecule has 6 nitrogen and oxygen atoms in total. The largest absolute Gasteiger partial charge is 0.313 e. The van der Waals surface area contributed by atoms with Gasteiger partial charge in [0.2, 0.25) is 0 Å². The molecule has 0 bridgehead atoms. The molecule has 0 aromatic heterocycles. The number of piperazine rings is 1. The van der Waals surface area contributed by atoms with Gasteiger partial charge in [0.1, 0.15) is 6.04 Å². The van der Waals surface area contributed by atoms with E-state index in [2.05, 4.69) is 5.32 Å². The van der Waals surface area contributed by atoms with Crippen LogP contribution < -0.4 is 5.32 Å².